The van der Waals surface area contributed by atoms with E-state index in [1.54, 1.807) is 0 Å². The normalized spacial score (nSPS) is 12.0. The first-order chi connectivity index (χ1) is 10.1. The highest BCUT2D eigenvalue weighted by Gasteiger charge is 2.16. The summed E-state index contributed by atoms with van der Waals surface area (Å²) in [6, 6.07) is 11.2. The Kier molecular flexibility index (Phi) is 5.28. The fraction of sp³-hybridized carbons (Fsp3) is 0.0769. The largest absolute Gasteiger partial charge is 0.284 e. The second kappa shape index (κ2) is 7.18. The first kappa shape index (κ1) is 15.4. The highest BCUT2D eigenvalue weighted by Crippen LogP contribution is 2.28. The maximum atomic E-state index is 11.8. The van der Waals surface area contributed by atoms with E-state index in [0.717, 1.165) is 17.1 Å². The van der Waals surface area contributed by atoms with Crippen LogP contribution in [0.25, 0.3) is 0 Å². The number of carbonyl (C=O) groups is 1. The quantitative estimate of drug-likeness (QED) is 0.684. The molecule has 5 nitrogen and oxygen atoms in total. The zero-order valence-corrected chi connectivity index (χ0v) is 12.8. The van der Waals surface area contributed by atoms with Gasteiger partial charge in [0.1, 0.15) is 15.8 Å². The number of amides is 1. The van der Waals surface area contributed by atoms with Crippen LogP contribution in [0.15, 0.2) is 35.4 Å². The van der Waals surface area contributed by atoms with Gasteiger partial charge in [0.05, 0.1) is 6.07 Å². The number of nitrogens with one attached hydrogen (secondary N) is 1. The standard InChI is InChI=1S/C13H8Cl2N4OS/c14-10-11(21-19-12(10)15)13(20)18-17-7-9(6-16)8-4-2-1-3-5-8/h1-5,7,9H,(H,18,20). The van der Waals surface area contributed by atoms with Crippen LogP contribution in [0.2, 0.25) is 10.2 Å². The van der Waals surface area contributed by atoms with Crippen molar-refractivity contribution in [2.75, 3.05) is 0 Å². The maximum Gasteiger partial charge on any atom is 0.284 e. The summed E-state index contributed by atoms with van der Waals surface area (Å²) in [6.07, 6.45) is 1.35. The fourth-order valence-corrected chi connectivity index (χ4v) is 2.58. The van der Waals surface area contributed by atoms with Crippen LogP contribution in [0.1, 0.15) is 21.2 Å². The fourth-order valence-electron chi connectivity index (χ4n) is 1.48. The number of hydrazone groups is 1. The van der Waals surface area contributed by atoms with Crippen LogP contribution in [-0.4, -0.2) is 16.5 Å². The average Bonchev–Trinajstić information content (AvgIpc) is 2.84. The van der Waals surface area contributed by atoms with Gasteiger partial charge in [-0.25, -0.2) is 5.43 Å². The number of hydrogen-bond acceptors (Lipinski definition) is 5. The summed E-state index contributed by atoms with van der Waals surface area (Å²) in [5.74, 6) is -1.07. The molecule has 0 aliphatic carbocycles. The van der Waals surface area contributed by atoms with Gasteiger partial charge in [-0.1, -0.05) is 53.5 Å². The van der Waals surface area contributed by atoms with Crippen LogP contribution >= 0.6 is 34.7 Å². The minimum Gasteiger partial charge on any atom is -0.266 e. The summed E-state index contributed by atoms with van der Waals surface area (Å²) < 4.78 is 3.75. The Morgan fingerprint density at radius 1 is 1.43 bits per heavy atom. The predicted molar refractivity (Wildman–Crippen MR) is 82.9 cm³/mol. The molecule has 2 rings (SSSR count). The molecule has 0 aliphatic heterocycles. The minimum atomic E-state index is -0.549. The van der Waals surface area contributed by atoms with Crippen LogP contribution in [0, 0.1) is 11.3 Å². The van der Waals surface area contributed by atoms with E-state index >= 15 is 0 Å². The molecule has 1 atom stereocenters. The van der Waals surface area contributed by atoms with E-state index in [0.29, 0.717) is 0 Å². The summed E-state index contributed by atoms with van der Waals surface area (Å²) >= 11 is 12.4. The number of hydrogen-bond donors (Lipinski definition) is 1. The number of nitrogens with zero attached hydrogens (tertiary/aromatic N) is 3. The van der Waals surface area contributed by atoms with Gasteiger partial charge in [-0.15, -0.1) is 0 Å². The van der Waals surface area contributed by atoms with E-state index in [1.807, 2.05) is 30.3 Å². The number of carbonyl (C=O) groups excluding carboxylic acids is 1. The summed E-state index contributed by atoms with van der Waals surface area (Å²) in [5, 5.41) is 13.1. The topological polar surface area (TPSA) is 78.1 Å². The maximum absolute atomic E-state index is 11.8. The lowest BCUT2D eigenvalue weighted by atomic mass is 10.0. The Labute approximate surface area is 135 Å². The molecule has 0 radical (unpaired) electrons. The smallest absolute Gasteiger partial charge is 0.266 e. The number of aromatic nitrogens is 1. The Bertz CT molecular complexity index is 709. The Hall–Kier alpha value is -1.94. The van der Waals surface area contributed by atoms with Gasteiger partial charge >= 0.3 is 0 Å². The zero-order valence-electron chi connectivity index (χ0n) is 10.5. The molecule has 1 aromatic carbocycles. The van der Waals surface area contributed by atoms with Crippen LogP contribution in [-0.2, 0) is 0 Å². The molecular formula is C13H8Cl2N4OS. The van der Waals surface area contributed by atoms with Gasteiger partial charge in [0.15, 0.2) is 5.15 Å². The van der Waals surface area contributed by atoms with E-state index in [1.165, 1.54) is 6.21 Å². The Balaban J connectivity index is 2.03. The molecule has 0 saturated carbocycles. The van der Waals surface area contributed by atoms with Crippen molar-refractivity contribution in [3.8, 4) is 6.07 Å². The van der Waals surface area contributed by atoms with Crippen molar-refractivity contribution in [1.29, 1.82) is 5.26 Å². The van der Waals surface area contributed by atoms with Gasteiger partial charge in [-0.2, -0.15) is 14.7 Å². The summed E-state index contributed by atoms with van der Waals surface area (Å²) in [7, 11) is 0. The molecular weight excluding hydrogens is 331 g/mol. The van der Waals surface area contributed by atoms with Gasteiger partial charge in [0, 0.05) is 6.21 Å². The van der Waals surface area contributed by atoms with Gasteiger partial charge in [0.2, 0.25) is 0 Å². The third kappa shape index (κ3) is 3.79. The molecule has 0 spiro atoms. The Morgan fingerprint density at radius 3 is 2.71 bits per heavy atom. The van der Waals surface area contributed by atoms with Crippen molar-refractivity contribution in [3.63, 3.8) is 0 Å². The van der Waals surface area contributed by atoms with Gasteiger partial charge in [-0.05, 0) is 17.1 Å². The van der Waals surface area contributed by atoms with E-state index in [2.05, 4.69) is 21.0 Å². The molecule has 8 heteroatoms. The average molecular weight is 339 g/mol. The van der Waals surface area contributed by atoms with Gasteiger partial charge in [-0.3, -0.25) is 4.79 Å². The number of nitriles is 1. The summed E-state index contributed by atoms with van der Waals surface area (Å²) in [5.41, 5.74) is 3.08. The molecule has 2 aromatic rings. The second-order valence-corrected chi connectivity index (χ2v) is 5.36. The minimum absolute atomic E-state index is 0.0787. The van der Waals surface area contributed by atoms with Crippen LogP contribution in [0.5, 0.6) is 0 Å². The molecule has 0 bridgehead atoms. The van der Waals surface area contributed by atoms with E-state index in [9.17, 15) is 4.79 Å². The molecule has 21 heavy (non-hydrogen) atoms. The van der Waals surface area contributed by atoms with Crippen LogP contribution < -0.4 is 5.43 Å². The number of benzene rings is 1. The molecule has 0 fully saturated rings. The molecule has 1 amide bonds. The van der Waals surface area contributed by atoms with E-state index < -0.39 is 11.8 Å². The predicted octanol–water partition coefficient (Wildman–Crippen LogP) is 3.47. The van der Waals surface area contributed by atoms with Gasteiger partial charge < -0.3 is 0 Å². The number of rotatable bonds is 4. The molecule has 0 saturated heterocycles. The molecule has 1 N–H and O–H groups in total. The SMILES string of the molecule is N#CC(C=NNC(=O)c1snc(Cl)c1Cl)c1ccccc1. The lowest BCUT2D eigenvalue weighted by Crippen LogP contribution is -2.17. The van der Waals surface area contributed by atoms with Crippen LogP contribution in [0.3, 0.4) is 0 Å². The summed E-state index contributed by atoms with van der Waals surface area (Å²) in [4.78, 5) is 12.0. The van der Waals surface area contributed by atoms with Crippen molar-refractivity contribution < 1.29 is 4.79 Å². The molecule has 0 aliphatic rings. The summed E-state index contributed by atoms with van der Waals surface area (Å²) in [6.45, 7) is 0. The van der Waals surface area contributed by atoms with Gasteiger partial charge in [0.25, 0.3) is 5.91 Å². The zero-order chi connectivity index (χ0) is 15.2. The van der Waals surface area contributed by atoms with E-state index in [-0.39, 0.29) is 15.1 Å². The molecule has 106 valence electrons. The van der Waals surface area contributed by atoms with E-state index in [4.69, 9.17) is 28.5 Å². The highest BCUT2D eigenvalue weighted by atomic mass is 35.5. The van der Waals surface area contributed by atoms with Crippen molar-refractivity contribution in [2.24, 2.45) is 5.10 Å². The molecule has 1 aromatic heterocycles. The lowest BCUT2D eigenvalue weighted by molar-refractivity contribution is 0.0959. The first-order valence-corrected chi connectivity index (χ1v) is 7.25. The third-order valence-corrected chi connectivity index (χ3v) is 4.29. The van der Waals surface area contributed by atoms with Crippen LogP contribution in [0.4, 0.5) is 0 Å². The molecule has 1 heterocycles. The number of halogens is 2. The lowest BCUT2D eigenvalue weighted by Gasteiger charge is -2.02. The monoisotopic (exact) mass is 338 g/mol. The van der Waals surface area contributed by atoms with Crippen molar-refractivity contribution in [2.45, 2.75) is 5.92 Å². The Morgan fingerprint density at radius 2 is 2.14 bits per heavy atom. The van der Waals surface area contributed by atoms with Crippen molar-refractivity contribution in [3.05, 3.63) is 50.9 Å². The third-order valence-electron chi connectivity index (χ3n) is 2.49. The second-order valence-electron chi connectivity index (χ2n) is 3.85. The first-order valence-electron chi connectivity index (χ1n) is 5.72. The highest BCUT2D eigenvalue weighted by molar-refractivity contribution is 7.09. The molecule has 1 unspecified atom stereocenters. The van der Waals surface area contributed by atoms with Crippen molar-refractivity contribution >= 4 is 46.9 Å². The van der Waals surface area contributed by atoms with Crippen molar-refractivity contribution in [1.82, 2.24) is 9.80 Å².